The van der Waals surface area contributed by atoms with Gasteiger partial charge in [-0.1, -0.05) is 34.8 Å². The molecule has 1 aromatic heterocycles. The van der Waals surface area contributed by atoms with Crippen molar-refractivity contribution in [1.82, 2.24) is 0 Å². The molecule has 0 radical (unpaired) electrons. The molecular weight excluding hydrogens is 443 g/mol. The monoisotopic (exact) mass is 460 g/mol. The van der Waals surface area contributed by atoms with Crippen LogP contribution in [0.2, 0.25) is 15.1 Å². The van der Waals surface area contributed by atoms with Crippen LogP contribution in [0.4, 0.5) is 0 Å². The number of ketones is 1. The Labute approximate surface area is 182 Å². The average Bonchev–Trinajstić information content (AvgIpc) is 3.04. The van der Waals surface area contributed by atoms with Crippen LogP contribution in [0.5, 0.6) is 0 Å². The minimum absolute atomic E-state index is 0.172. The Morgan fingerprint density at radius 1 is 1.11 bits per heavy atom. The number of hydrogen-bond donors (Lipinski definition) is 1. The van der Waals surface area contributed by atoms with Gasteiger partial charge in [-0.05, 0) is 61.4 Å². The number of thiophene rings is 1. The second kappa shape index (κ2) is 8.33. The normalized spacial score (nSPS) is 15.6. The molecule has 1 unspecified atom stereocenters. The predicted molar refractivity (Wildman–Crippen MR) is 112 cm³/mol. The van der Waals surface area contributed by atoms with Crippen molar-refractivity contribution in [3.05, 3.63) is 53.6 Å². The molecule has 1 aromatic carbocycles. The fourth-order valence-corrected chi connectivity index (χ4v) is 5.33. The van der Waals surface area contributed by atoms with Gasteiger partial charge in [-0.3, -0.25) is 4.79 Å². The smallest absolute Gasteiger partial charge is 0.348 e. The molecule has 0 spiro atoms. The Balaban J connectivity index is 1.94. The van der Waals surface area contributed by atoms with Crippen LogP contribution in [0, 0.1) is 0 Å². The zero-order chi connectivity index (χ0) is 20.6. The van der Waals surface area contributed by atoms with Gasteiger partial charge in [0.15, 0.2) is 5.78 Å². The maximum atomic E-state index is 13.1. The van der Waals surface area contributed by atoms with Crippen molar-refractivity contribution >= 4 is 57.9 Å². The molecule has 8 heteroatoms. The van der Waals surface area contributed by atoms with Crippen LogP contribution in [0.25, 0.3) is 0 Å². The first-order valence-corrected chi connectivity index (χ1v) is 10.7. The van der Waals surface area contributed by atoms with E-state index in [1.165, 1.54) is 26.2 Å². The minimum Gasteiger partial charge on any atom is -0.465 e. The summed E-state index contributed by atoms with van der Waals surface area (Å²) in [6, 6.07) is 3.01. The second-order valence-corrected chi connectivity index (χ2v) is 9.26. The topological polar surface area (TPSA) is 63.6 Å². The van der Waals surface area contributed by atoms with E-state index in [0.717, 1.165) is 48.1 Å². The van der Waals surface area contributed by atoms with Crippen molar-refractivity contribution in [2.24, 2.45) is 0 Å². The summed E-state index contributed by atoms with van der Waals surface area (Å²) in [6.07, 6.45) is 3.26. The number of methoxy groups -OCH3 is 1. The lowest BCUT2D eigenvalue weighted by Gasteiger charge is -2.24. The average molecular weight is 462 g/mol. The maximum Gasteiger partial charge on any atom is 0.348 e. The number of aliphatic hydroxyl groups is 1. The molecule has 0 saturated carbocycles. The van der Waals surface area contributed by atoms with Crippen molar-refractivity contribution in [2.45, 2.75) is 44.6 Å². The van der Waals surface area contributed by atoms with Crippen molar-refractivity contribution in [3.63, 3.8) is 0 Å². The highest BCUT2D eigenvalue weighted by molar-refractivity contribution is 7.16. The third-order valence-corrected chi connectivity index (χ3v) is 7.45. The van der Waals surface area contributed by atoms with Crippen molar-refractivity contribution in [2.75, 3.05) is 7.11 Å². The number of carbonyl (C=O) groups is 2. The van der Waals surface area contributed by atoms with E-state index in [4.69, 9.17) is 39.5 Å². The van der Waals surface area contributed by atoms with E-state index >= 15 is 0 Å². The number of ether oxygens (including phenoxy) is 1. The number of rotatable bonds is 5. The molecule has 0 aliphatic heterocycles. The number of fused-ring (bicyclic) bond motifs is 1. The summed E-state index contributed by atoms with van der Waals surface area (Å²) >= 11 is 19.3. The molecule has 1 aliphatic carbocycles. The van der Waals surface area contributed by atoms with Crippen molar-refractivity contribution in [3.8, 4) is 0 Å². The summed E-state index contributed by atoms with van der Waals surface area (Å²) in [7, 11) is 1.33. The SMILES string of the molecule is COC(=O)c1sc(C(=O)CC(C)(O)c2cc(Cl)c(Cl)c(Cl)c2)c2c1CCCC2. The van der Waals surface area contributed by atoms with E-state index in [1.807, 2.05) is 0 Å². The van der Waals surface area contributed by atoms with Gasteiger partial charge in [-0.15, -0.1) is 11.3 Å². The Morgan fingerprint density at radius 2 is 1.64 bits per heavy atom. The van der Waals surface area contributed by atoms with E-state index < -0.39 is 11.6 Å². The van der Waals surface area contributed by atoms with Gasteiger partial charge in [-0.2, -0.15) is 0 Å². The first kappa shape index (κ1) is 21.6. The highest BCUT2D eigenvalue weighted by Crippen LogP contribution is 2.39. The molecule has 0 fully saturated rings. The van der Waals surface area contributed by atoms with Crippen molar-refractivity contribution < 1.29 is 19.4 Å². The van der Waals surface area contributed by atoms with Crippen LogP contribution in [0.15, 0.2) is 12.1 Å². The van der Waals surface area contributed by atoms with Gasteiger partial charge in [-0.25, -0.2) is 4.79 Å². The summed E-state index contributed by atoms with van der Waals surface area (Å²) in [5.41, 5.74) is 0.721. The summed E-state index contributed by atoms with van der Waals surface area (Å²) in [5.74, 6) is -0.657. The van der Waals surface area contributed by atoms with E-state index in [9.17, 15) is 14.7 Å². The molecule has 2 aromatic rings. The number of carbonyl (C=O) groups excluding carboxylic acids is 2. The molecular formula is C20H19Cl3O4S. The van der Waals surface area contributed by atoms with Crippen LogP contribution < -0.4 is 0 Å². The highest BCUT2D eigenvalue weighted by Gasteiger charge is 2.33. The maximum absolute atomic E-state index is 13.1. The highest BCUT2D eigenvalue weighted by atomic mass is 35.5. The number of halogens is 3. The molecule has 0 amide bonds. The zero-order valence-corrected chi connectivity index (χ0v) is 18.5. The molecule has 1 heterocycles. The molecule has 0 bridgehead atoms. The standard InChI is InChI=1S/C20H19Cl3O4S/c1-20(26,10-7-13(21)16(23)14(22)8-10)9-15(24)17-11-5-3-4-6-12(11)18(28-17)19(25)27-2/h7-8,26H,3-6,9H2,1-2H3. The van der Waals surface area contributed by atoms with Gasteiger partial charge in [0.2, 0.25) is 0 Å². The Morgan fingerprint density at radius 3 is 2.18 bits per heavy atom. The Bertz CT molecular complexity index is 926. The zero-order valence-electron chi connectivity index (χ0n) is 15.4. The first-order valence-electron chi connectivity index (χ1n) is 8.79. The summed E-state index contributed by atoms with van der Waals surface area (Å²) in [6.45, 7) is 1.53. The number of hydrogen-bond acceptors (Lipinski definition) is 5. The molecule has 150 valence electrons. The van der Waals surface area contributed by atoms with Crippen LogP contribution >= 0.6 is 46.1 Å². The number of benzene rings is 1. The molecule has 28 heavy (non-hydrogen) atoms. The van der Waals surface area contributed by atoms with E-state index in [1.54, 1.807) is 0 Å². The molecule has 1 aliphatic rings. The Kier molecular flexibility index (Phi) is 6.42. The fraction of sp³-hybridized carbons (Fsp3) is 0.400. The largest absolute Gasteiger partial charge is 0.465 e. The molecule has 3 rings (SSSR count). The second-order valence-electron chi connectivity index (χ2n) is 7.04. The van der Waals surface area contributed by atoms with Gasteiger partial charge in [0, 0.05) is 6.42 Å². The van der Waals surface area contributed by atoms with Gasteiger partial charge in [0.05, 0.1) is 32.7 Å². The quantitative estimate of drug-likeness (QED) is 0.344. The molecule has 0 saturated heterocycles. The number of esters is 1. The molecule has 4 nitrogen and oxygen atoms in total. The summed E-state index contributed by atoms with van der Waals surface area (Å²) in [4.78, 5) is 26.2. The van der Waals surface area contributed by atoms with Gasteiger partial charge < -0.3 is 9.84 Å². The van der Waals surface area contributed by atoms with Crippen LogP contribution in [-0.2, 0) is 23.2 Å². The van der Waals surface area contributed by atoms with E-state index in [2.05, 4.69) is 0 Å². The lowest BCUT2D eigenvalue weighted by Crippen LogP contribution is -2.25. The van der Waals surface area contributed by atoms with Gasteiger partial charge in [0.25, 0.3) is 0 Å². The van der Waals surface area contributed by atoms with Crippen LogP contribution in [0.3, 0.4) is 0 Å². The van der Waals surface area contributed by atoms with E-state index in [0.29, 0.717) is 15.3 Å². The minimum atomic E-state index is -1.49. The summed E-state index contributed by atoms with van der Waals surface area (Å²) < 4.78 is 4.87. The van der Waals surface area contributed by atoms with Crippen molar-refractivity contribution in [1.29, 1.82) is 0 Å². The van der Waals surface area contributed by atoms with Gasteiger partial charge in [0.1, 0.15) is 4.88 Å². The lowest BCUT2D eigenvalue weighted by atomic mass is 9.87. The third kappa shape index (κ3) is 4.10. The third-order valence-electron chi connectivity index (χ3n) is 4.95. The molecule has 1 atom stereocenters. The van der Waals surface area contributed by atoms with E-state index in [-0.39, 0.29) is 27.3 Å². The fourth-order valence-electron chi connectivity index (χ4n) is 3.48. The number of Topliss-reactive ketones (excluding diaryl/α,β-unsaturated/α-hetero) is 1. The Hall–Kier alpha value is -1.11. The van der Waals surface area contributed by atoms with Gasteiger partial charge >= 0.3 is 5.97 Å². The van der Waals surface area contributed by atoms with Crippen LogP contribution in [-0.4, -0.2) is 24.0 Å². The molecule has 1 N–H and O–H groups in total. The lowest BCUT2D eigenvalue weighted by molar-refractivity contribution is 0.0432. The predicted octanol–water partition coefficient (Wildman–Crippen LogP) is 5.85. The first-order chi connectivity index (χ1) is 13.2. The summed E-state index contributed by atoms with van der Waals surface area (Å²) in [5, 5.41) is 11.6. The van der Waals surface area contributed by atoms with Crippen LogP contribution in [0.1, 0.15) is 62.2 Å².